The first-order valence-corrected chi connectivity index (χ1v) is 8.79. The molecule has 22 heavy (non-hydrogen) atoms. The molecule has 1 amide bonds. The van der Waals surface area contributed by atoms with Gasteiger partial charge >= 0.3 is 0 Å². The largest absolute Gasteiger partial charge is 0.339 e. The number of piperidine rings is 1. The number of nitrogens with one attached hydrogen (secondary N) is 1. The maximum absolute atomic E-state index is 12.3. The van der Waals surface area contributed by atoms with E-state index in [2.05, 4.69) is 16.6 Å². The third-order valence-electron chi connectivity index (χ3n) is 3.94. The predicted octanol–water partition coefficient (Wildman–Crippen LogP) is -0.716. The normalized spacial score (nSPS) is 22.8. The van der Waals surface area contributed by atoms with Crippen LogP contribution in [0, 0.1) is 5.92 Å². The summed E-state index contributed by atoms with van der Waals surface area (Å²) in [5.74, 6) is 0.282. The van der Waals surface area contributed by atoms with Crippen LogP contribution in [0.2, 0.25) is 0 Å². The van der Waals surface area contributed by atoms with Crippen molar-refractivity contribution in [2.24, 2.45) is 18.7 Å². The minimum absolute atomic E-state index is 0.0180. The quantitative estimate of drug-likeness (QED) is 0.741. The molecule has 0 bridgehead atoms. The summed E-state index contributed by atoms with van der Waals surface area (Å²) in [6.45, 7) is 2.87. The minimum Gasteiger partial charge on any atom is -0.339 e. The topological polar surface area (TPSA) is 110 Å². The van der Waals surface area contributed by atoms with Crippen LogP contribution in [0.5, 0.6) is 0 Å². The second kappa shape index (κ2) is 6.76. The molecule has 1 aromatic heterocycles. The van der Waals surface area contributed by atoms with Gasteiger partial charge in [0.1, 0.15) is 0 Å². The highest BCUT2D eigenvalue weighted by atomic mass is 32.2. The third-order valence-corrected chi connectivity index (χ3v) is 5.23. The van der Waals surface area contributed by atoms with Crippen molar-refractivity contribution in [1.82, 2.24) is 19.2 Å². The van der Waals surface area contributed by atoms with Crippen molar-refractivity contribution in [3.05, 3.63) is 12.5 Å². The predicted molar refractivity (Wildman–Crippen MR) is 81.3 cm³/mol. The van der Waals surface area contributed by atoms with Gasteiger partial charge in [-0.1, -0.05) is 6.92 Å². The summed E-state index contributed by atoms with van der Waals surface area (Å²) < 4.78 is 27.9. The van der Waals surface area contributed by atoms with Crippen LogP contribution in [0.4, 0.5) is 0 Å². The number of carbonyl (C=O) groups is 1. The first-order chi connectivity index (χ1) is 10.3. The lowest BCUT2D eigenvalue weighted by Crippen LogP contribution is -2.52. The molecule has 124 valence electrons. The van der Waals surface area contributed by atoms with E-state index in [1.165, 1.54) is 17.1 Å². The van der Waals surface area contributed by atoms with Gasteiger partial charge in [0.05, 0.1) is 12.9 Å². The Bertz CT molecular complexity index is 627. The highest BCUT2D eigenvalue weighted by Crippen LogP contribution is 2.21. The van der Waals surface area contributed by atoms with Crippen LogP contribution in [0.15, 0.2) is 17.6 Å². The highest BCUT2D eigenvalue weighted by Gasteiger charge is 2.29. The van der Waals surface area contributed by atoms with E-state index in [4.69, 9.17) is 5.73 Å². The molecule has 1 saturated heterocycles. The first-order valence-electron chi connectivity index (χ1n) is 7.30. The molecular formula is C13H23N5O3S. The molecule has 1 fully saturated rings. The number of amides is 1. The summed E-state index contributed by atoms with van der Waals surface area (Å²) in [7, 11) is -2.09. The van der Waals surface area contributed by atoms with Crippen LogP contribution in [0.25, 0.3) is 0 Å². The number of rotatable bonds is 5. The molecule has 0 saturated carbocycles. The van der Waals surface area contributed by atoms with Gasteiger partial charge in [-0.15, -0.1) is 0 Å². The van der Waals surface area contributed by atoms with Crippen LogP contribution in [0.1, 0.15) is 19.8 Å². The van der Waals surface area contributed by atoms with Crippen LogP contribution in [-0.2, 0) is 21.9 Å². The number of hydrogen-bond acceptors (Lipinski definition) is 5. The van der Waals surface area contributed by atoms with Crippen LogP contribution in [-0.4, -0.2) is 54.5 Å². The summed E-state index contributed by atoms with van der Waals surface area (Å²) in [5.41, 5.74) is 5.72. The molecule has 0 radical (unpaired) electrons. The Balaban J connectivity index is 1.97. The zero-order valence-electron chi connectivity index (χ0n) is 12.9. The van der Waals surface area contributed by atoms with Crippen LogP contribution >= 0.6 is 0 Å². The Morgan fingerprint density at radius 1 is 1.55 bits per heavy atom. The summed E-state index contributed by atoms with van der Waals surface area (Å²) in [4.78, 5) is 17.7. The molecule has 2 rings (SSSR count). The summed E-state index contributed by atoms with van der Waals surface area (Å²) in [6, 6.07) is -0.0180. The Kier molecular flexibility index (Phi) is 5.20. The Hall–Kier alpha value is -1.45. The van der Waals surface area contributed by atoms with Crippen molar-refractivity contribution in [3.63, 3.8) is 0 Å². The van der Waals surface area contributed by atoms with E-state index in [0.29, 0.717) is 19.0 Å². The van der Waals surface area contributed by atoms with Gasteiger partial charge in [-0.2, -0.15) is 0 Å². The van der Waals surface area contributed by atoms with Crippen molar-refractivity contribution in [1.29, 1.82) is 0 Å². The Morgan fingerprint density at radius 3 is 2.86 bits per heavy atom. The molecule has 8 nitrogen and oxygen atoms in total. The molecule has 3 N–H and O–H groups in total. The van der Waals surface area contributed by atoms with Gasteiger partial charge in [-0.25, -0.2) is 18.1 Å². The number of sulfonamides is 1. The van der Waals surface area contributed by atoms with E-state index in [9.17, 15) is 13.2 Å². The van der Waals surface area contributed by atoms with E-state index in [1.54, 1.807) is 11.9 Å². The Labute approximate surface area is 130 Å². The molecule has 0 aromatic carbocycles. The van der Waals surface area contributed by atoms with E-state index >= 15 is 0 Å². The van der Waals surface area contributed by atoms with E-state index in [-0.39, 0.29) is 23.5 Å². The molecule has 0 aliphatic carbocycles. The fourth-order valence-electron chi connectivity index (χ4n) is 2.66. The maximum atomic E-state index is 12.3. The zero-order valence-corrected chi connectivity index (χ0v) is 13.7. The average Bonchev–Trinajstić information content (AvgIpc) is 2.92. The third kappa shape index (κ3) is 3.84. The number of hydrogen-bond donors (Lipinski definition) is 2. The van der Waals surface area contributed by atoms with Gasteiger partial charge in [0.2, 0.25) is 5.91 Å². The number of carbonyl (C=O) groups excluding carboxylic acids is 1. The lowest BCUT2D eigenvalue weighted by molar-refractivity contribution is -0.133. The van der Waals surface area contributed by atoms with Gasteiger partial charge in [-0.05, 0) is 18.8 Å². The van der Waals surface area contributed by atoms with Gasteiger partial charge in [-0.3, -0.25) is 4.79 Å². The lowest BCUT2D eigenvalue weighted by atomic mass is 9.92. The second-order valence-electron chi connectivity index (χ2n) is 5.81. The molecule has 0 spiro atoms. The van der Waals surface area contributed by atoms with E-state index in [0.717, 1.165) is 12.8 Å². The van der Waals surface area contributed by atoms with Gasteiger partial charge in [0.15, 0.2) is 5.03 Å². The van der Waals surface area contributed by atoms with Crippen molar-refractivity contribution < 1.29 is 13.2 Å². The number of aromatic nitrogens is 2. The number of likely N-dealkylation sites (tertiary alicyclic amines) is 1. The van der Waals surface area contributed by atoms with Crippen molar-refractivity contribution in [2.75, 3.05) is 19.6 Å². The lowest BCUT2D eigenvalue weighted by Gasteiger charge is -2.38. The van der Waals surface area contributed by atoms with Gasteiger partial charge < -0.3 is 15.2 Å². The average molecular weight is 329 g/mol. The number of nitrogens with zero attached hydrogens (tertiary/aromatic N) is 3. The second-order valence-corrected chi connectivity index (χ2v) is 7.52. The monoisotopic (exact) mass is 329 g/mol. The number of nitrogens with two attached hydrogens (primary N) is 1. The molecule has 9 heteroatoms. The highest BCUT2D eigenvalue weighted by molar-refractivity contribution is 7.89. The molecule has 2 heterocycles. The number of imidazole rings is 1. The van der Waals surface area contributed by atoms with Crippen molar-refractivity contribution in [2.45, 2.75) is 30.8 Å². The Morgan fingerprint density at radius 2 is 2.27 bits per heavy atom. The molecule has 1 aliphatic rings. The SMILES string of the molecule is CC1CCN(C(=O)CNS(=O)(=O)c2cn(C)cn2)C(CN)C1. The summed E-state index contributed by atoms with van der Waals surface area (Å²) in [5, 5.41) is -0.0922. The zero-order chi connectivity index (χ0) is 16.3. The van der Waals surface area contributed by atoms with Crippen molar-refractivity contribution in [3.8, 4) is 0 Å². The molecular weight excluding hydrogens is 306 g/mol. The van der Waals surface area contributed by atoms with E-state index < -0.39 is 10.0 Å². The van der Waals surface area contributed by atoms with Crippen LogP contribution in [0.3, 0.4) is 0 Å². The molecule has 1 aliphatic heterocycles. The number of aryl methyl sites for hydroxylation is 1. The van der Waals surface area contributed by atoms with Crippen molar-refractivity contribution >= 4 is 15.9 Å². The standard InChI is InChI=1S/C13H23N5O3S/c1-10-3-4-18(11(5-10)6-14)13(19)7-16-22(20,21)12-8-17(2)9-15-12/h8-11,16H,3-7,14H2,1-2H3. The smallest absolute Gasteiger partial charge is 0.260 e. The molecule has 1 aromatic rings. The maximum Gasteiger partial charge on any atom is 0.260 e. The van der Waals surface area contributed by atoms with Gasteiger partial charge in [0, 0.05) is 32.4 Å². The summed E-state index contributed by atoms with van der Waals surface area (Å²) in [6.07, 6.45) is 4.55. The van der Waals surface area contributed by atoms with Gasteiger partial charge in [0.25, 0.3) is 10.0 Å². The fraction of sp³-hybridized carbons (Fsp3) is 0.692. The first kappa shape index (κ1) is 16.9. The molecule has 2 atom stereocenters. The minimum atomic E-state index is -3.77. The van der Waals surface area contributed by atoms with E-state index in [1.807, 2.05) is 0 Å². The molecule has 2 unspecified atom stereocenters. The fourth-order valence-corrected chi connectivity index (χ4v) is 3.62. The summed E-state index contributed by atoms with van der Waals surface area (Å²) >= 11 is 0. The van der Waals surface area contributed by atoms with Crippen LogP contribution < -0.4 is 10.5 Å².